The molecule has 3 heterocycles. The van der Waals surface area contributed by atoms with Gasteiger partial charge >= 0.3 is 0 Å². The number of hydrogen-bond donors (Lipinski definition) is 1. The van der Waals surface area contributed by atoms with Gasteiger partial charge in [-0.15, -0.1) is 0 Å². The normalized spacial score (nSPS) is 39.5. The van der Waals surface area contributed by atoms with Gasteiger partial charge in [-0.05, 0) is 13.0 Å². The molecule has 3 rings (SSSR count). The van der Waals surface area contributed by atoms with Crippen molar-refractivity contribution < 1.29 is 0 Å². The van der Waals surface area contributed by atoms with E-state index < -0.39 is 0 Å². The lowest BCUT2D eigenvalue weighted by Gasteiger charge is -2.57. The number of rotatable bonds is 1. The van der Waals surface area contributed by atoms with Crippen molar-refractivity contribution in [1.29, 1.82) is 0 Å². The van der Waals surface area contributed by atoms with Crippen molar-refractivity contribution in [3.8, 4) is 0 Å². The fourth-order valence-electron chi connectivity index (χ4n) is 2.60. The van der Waals surface area contributed by atoms with Crippen molar-refractivity contribution >= 4 is 11.8 Å². The van der Waals surface area contributed by atoms with Gasteiger partial charge in [0.05, 0.1) is 0 Å². The van der Waals surface area contributed by atoms with Gasteiger partial charge in [-0.1, -0.05) is 0 Å². The van der Waals surface area contributed by atoms with Crippen LogP contribution in [0.2, 0.25) is 0 Å². The molecule has 0 aliphatic carbocycles. The average molecular weight is 184 g/mol. The molecule has 1 atom stereocenters. The summed E-state index contributed by atoms with van der Waals surface area (Å²) >= 11 is 2.12. The van der Waals surface area contributed by atoms with Crippen molar-refractivity contribution in [3.63, 3.8) is 0 Å². The van der Waals surface area contributed by atoms with E-state index in [-0.39, 0.29) is 0 Å². The second-order valence-electron chi connectivity index (χ2n) is 4.54. The van der Waals surface area contributed by atoms with E-state index in [0.717, 1.165) is 11.5 Å². The highest BCUT2D eigenvalue weighted by Gasteiger charge is 2.49. The zero-order chi connectivity index (χ0) is 8.02. The lowest BCUT2D eigenvalue weighted by atomic mass is 9.81. The molecule has 3 aliphatic rings. The van der Waals surface area contributed by atoms with Crippen molar-refractivity contribution in [1.82, 2.24) is 10.2 Å². The molecule has 1 N–H and O–H groups in total. The number of likely N-dealkylation sites (tertiary alicyclic amines) is 1. The van der Waals surface area contributed by atoms with Crippen LogP contribution >= 0.6 is 11.8 Å². The van der Waals surface area contributed by atoms with Gasteiger partial charge in [0, 0.05) is 42.6 Å². The molecule has 0 radical (unpaired) electrons. The molecule has 3 fully saturated rings. The van der Waals surface area contributed by atoms with Gasteiger partial charge < -0.3 is 5.32 Å². The molecule has 0 aromatic carbocycles. The van der Waals surface area contributed by atoms with E-state index in [2.05, 4.69) is 22.0 Å². The fraction of sp³-hybridized carbons (Fsp3) is 1.00. The molecule has 0 saturated carbocycles. The lowest BCUT2D eigenvalue weighted by molar-refractivity contribution is -0.000388. The number of nitrogens with zero attached hydrogens (tertiary/aromatic N) is 1. The summed E-state index contributed by atoms with van der Waals surface area (Å²) in [6.07, 6.45) is 1.38. The molecule has 12 heavy (non-hydrogen) atoms. The van der Waals surface area contributed by atoms with Crippen molar-refractivity contribution in [2.75, 3.05) is 37.7 Å². The van der Waals surface area contributed by atoms with E-state index in [1.54, 1.807) is 0 Å². The quantitative estimate of drug-likeness (QED) is 0.635. The Morgan fingerprint density at radius 1 is 1.33 bits per heavy atom. The molecular formula is C9H16N2S. The summed E-state index contributed by atoms with van der Waals surface area (Å²) in [5, 5.41) is 3.44. The predicted octanol–water partition coefficient (Wildman–Crippen LogP) is 0.397. The molecule has 1 spiro atoms. The zero-order valence-electron chi connectivity index (χ0n) is 7.38. The molecule has 3 saturated heterocycles. The summed E-state index contributed by atoms with van der Waals surface area (Å²) in [7, 11) is 0. The third-order valence-corrected chi connectivity index (χ3v) is 5.08. The third kappa shape index (κ3) is 1.03. The highest BCUT2D eigenvalue weighted by molar-refractivity contribution is 8.00. The van der Waals surface area contributed by atoms with E-state index in [1.807, 2.05) is 0 Å². The minimum Gasteiger partial charge on any atom is -0.315 e. The predicted molar refractivity (Wildman–Crippen MR) is 52.6 cm³/mol. The van der Waals surface area contributed by atoms with Crippen LogP contribution in [0.15, 0.2) is 0 Å². The summed E-state index contributed by atoms with van der Waals surface area (Å²) < 4.78 is 0. The number of nitrogens with one attached hydrogen (secondary N) is 1. The smallest absolute Gasteiger partial charge is 0.0233 e. The Balaban J connectivity index is 1.54. The Bertz CT molecular complexity index is 177. The first-order valence-electron chi connectivity index (χ1n) is 4.91. The molecule has 68 valence electrons. The SMILES string of the molecule is C1CC(N2CC3(CSC3)C2)CN1. The summed E-state index contributed by atoms with van der Waals surface area (Å²) in [6.45, 7) is 5.27. The molecule has 1 unspecified atom stereocenters. The highest BCUT2D eigenvalue weighted by Crippen LogP contribution is 2.46. The minimum absolute atomic E-state index is 0.785. The van der Waals surface area contributed by atoms with Crippen LogP contribution in [0.1, 0.15) is 6.42 Å². The maximum Gasteiger partial charge on any atom is 0.0233 e. The van der Waals surface area contributed by atoms with Gasteiger partial charge in [-0.2, -0.15) is 11.8 Å². The first-order valence-corrected chi connectivity index (χ1v) is 6.06. The molecule has 3 heteroatoms. The lowest BCUT2D eigenvalue weighted by Crippen LogP contribution is -2.65. The van der Waals surface area contributed by atoms with Gasteiger partial charge in [0.25, 0.3) is 0 Å². The zero-order valence-corrected chi connectivity index (χ0v) is 8.20. The molecule has 0 bridgehead atoms. The van der Waals surface area contributed by atoms with Crippen molar-refractivity contribution in [2.45, 2.75) is 12.5 Å². The van der Waals surface area contributed by atoms with E-state index in [1.165, 1.54) is 44.1 Å². The standard InChI is InChI=1S/C9H16N2S/c1-2-10-3-8(1)11-4-9(5-11)6-12-7-9/h8,10H,1-7H2. The summed E-state index contributed by atoms with van der Waals surface area (Å²) in [4.78, 5) is 2.68. The van der Waals surface area contributed by atoms with E-state index >= 15 is 0 Å². The van der Waals surface area contributed by atoms with E-state index in [4.69, 9.17) is 0 Å². The van der Waals surface area contributed by atoms with Gasteiger partial charge in [0.15, 0.2) is 0 Å². The minimum atomic E-state index is 0.785. The number of thioether (sulfide) groups is 1. The van der Waals surface area contributed by atoms with Crippen LogP contribution in [0.4, 0.5) is 0 Å². The largest absolute Gasteiger partial charge is 0.315 e. The Kier molecular flexibility index (Phi) is 1.68. The third-order valence-electron chi connectivity index (χ3n) is 3.44. The van der Waals surface area contributed by atoms with Gasteiger partial charge in [0.1, 0.15) is 0 Å². The van der Waals surface area contributed by atoms with Crippen LogP contribution in [-0.2, 0) is 0 Å². The topological polar surface area (TPSA) is 15.3 Å². The van der Waals surface area contributed by atoms with Crippen LogP contribution < -0.4 is 5.32 Å². The fourth-order valence-corrected chi connectivity index (χ4v) is 3.74. The van der Waals surface area contributed by atoms with Crippen LogP contribution in [0.3, 0.4) is 0 Å². The molecule has 0 amide bonds. The monoisotopic (exact) mass is 184 g/mol. The maximum atomic E-state index is 3.44. The van der Waals surface area contributed by atoms with E-state index in [0.29, 0.717) is 0 Å². The Morgan fingerprint density at radius 3 is 2.67 bits per heavy atom. The molecular weight excluding hydrogens is 168 g/mol. The molecule has 2 nitrogen and oxygen atoms in total. The molecule has 0 aromatic heterocycles. The van der Waals surface area contributed by atoms with Gasteiger partial charge in [-0.3, -0.25) is 4.90 Å². The average Bonchev–Trinajstić information content (AvgIpc) is 2.32. The second-order valence-corrected chi connectivity index (χ2v) is 5.53. The van der Waals surface area contributed by atoms with Gasteiger partial charge in [-0.25, -0.2) is 0 Å². The summed E-state index contributed by atoms with van der Waals surface area (Å²) in [5.41, 5.74) is 0.785. The van der Waals surface area contributed by atoms with Gasteiger partial charge in [0.2, 0.25) is 0 Å². The summed E-state index contributed by atoms with van der Waals surface area (Å²) in [5.74, 6) is 2.87. The number of hydrogen-bond acceptors (Lipinski definition) is 3. The summed E-state index contributed by atoms with van der Waals surface area (Å²) in [6, 6.07) is 0.876. The van der Waals surface area contributed by atoms with Crippen molar-refractivity contribution in [2.24, 2.45) is 5.41 Å². The maximum absolute atomic E-state index is 3.44. The first kappa shape index (κ1) is 7.65. The first-order chi connectivity index (χ1) is 5.88. The van der Waals surface area contributed by atoms with E-state index in [9.17, 15) is 0 Å². The Hall–Kier alpha value is 0.270. The Labute approximate surface area is 78.1 Å². The van der Waals surface area contributed by atoms with Crippen LogP contribution in [0, 0.1) is 5.41 Å². The highest BCUT2D eigenvalue weighted by atomic mass is 32.2. The molecule has 3 aliphatic heterocycles. The van der Waals surface area contributed by atoms with Crippen LogP contribution in [0.25, 0.3) is 0 Å². The van der Waals surface area contributed by atoms with Crippen molar-refractivity contribution in [3.05, 3.63) is 0 Å². The Morgan fingerprint density at radius 2 is 2.17 bits per heavy atom. The van der Waals surface area contributed by atoms with Crippen LogP contribution in [0.5, 0.6) is 0 Å². The molecule has 0 aromatic rings. The van der Waals surface area contributed by atoms with Crippen LogP contribution in [-0.4, -0.2) is 48.6 Å². The second kappa shape index (κ2) is 2.63.